The molecule has 36 heavy (non-hydrogen) atoms. The van der Waals surface area contributed by atoms with Gasteiger partial charge < -0.3 is 15.0 Å². The Morgan fingerprint density at radius 3 is 2.14 bits per heavy atom. The standard InChI is InChI=1S/C29H30Cl2N2O3/c30-25-16-9-17-26(31)24(25)19-33(28(34)20-36-23-14-5-2-6-15-23)27(18-21-10-3-1-4-11-21)29(35)32-22-12-7-8-13-22/h1-6,9-11,14-17,22,27H,7-8,12-13,18-20H2,(H,32,35)/t27-/m1/s1. The Bertz CT molecular complexity index is 1130. The van der Waals surface area contributed by atoms with Crippen LogP contribution in [0.5, 0.6) is 5.75 Å². The first kappa shape index (κ1) is 26.1. The molecule has 0 unspecified atom stereocenters. The average molecular weight is 525 g/mol. The highest BCUT2D eigenvalue weighted by atomic mass is 35.5. The lowest BCUT2D eigenvalue weighted by Crippen LogP contribution is -2.53. The van der Waals surface area contributed by atoms with Gasteiger partial charge in [-0.15, -0.1) is 0 Å². The van der Waals surface area contributed by atoms with E-state index in [4.69, 9.17) is 27.9 Å². The lowest BCUT2D eigenvalue weighted by Gasteiger charge is -2.32. The van der Waals surface area contributed by atoms with Crippen molar-refractivity contribution in [1.29, 1.82) is 0 Å². The maximum absolute atomic E-state index is 13.7. The van der Waals surface area contributed by atoms with Crippen molar-refractivity contribution in [3.63, 3.8) is 0 Å². The molecule has 0 spiro atoms. The number of nitrogens with zero attached hydrogens (tertiary/aromatic N) is 1. The van der Waals surface area contributed by atoms with Gasteiger partial charge in [0.2, 0.25) is 5.91 Å². The van der Waals surface area contributed by atoms with E-state index in [1.165, 1.54) is 0 Å². The van der Waals surface area contributed by atoms with Crippen molar-refractivity contribution in [1.82, 2.24) is 10.2 Å². The van der Waals surface area contributed by atoms with Crippen LogP contribution in [-0.4, -0.2) is 35.4 Å². The number of para-hydroxylation sites is 1. The number of rotatable bonds is 10. The van der Waals surface area contributed by atoms with Crippen LogP contribution in [-0.2, 0) is 22.6 Å². The summed E-state index contributed by atoms with van der Waals surface area (Å²) in [7, 11) is 0. The summed E-state index contributed by atoms with van der Waals surface area (Å²) in [6.45, 7) is -0.126. The fourth-order valence-electron chi connectivity index (χ4n) is 4.52. The van der Waals surface area contributed by atoms with Crippen LogP contribution in [0.2, 0.25) is 10.0 Å². The van der Waals surface area contributed by atoms with Crippen LogP contribution >= 0.6 is 23.2 Å². The lowest BCUT2D eigenvalue weighted by atomic mass is 10.0. The molecule has 7 heteroatoms. The van der Waals surface area contributed by atoms with Crippen LogP contribution in [0.3, 0.4) is 0 Å². The molecule has 0 bridgehead atoms. The van der Waals surface area contributed by atoms with Crippen molar-refractivity contribution >= 4 is 35.0 Å². The van der Waals surface area contributed by atoms with Gasteiger partial charge in [0.25, 0.3) is 5.91 Å². The summed E-state index contributed by atoms with van der Waals surface area (Å²) in [6.07, 6.45) is 4.45. The van der Waals surface area contributed by atoms with Crippen LogP contribution in [0.15, 0.2) is 78.9 Å². The molecular weight excluding hydrogens is 495 g/mol. The molecule has 1 aliphatic rings. The normalized spacial score (nSPS) is 14.3. The van der Waals surface area contributed by atoms with Gasteiger partial charge in [0.05, 0.1) is 0 Å². The molecule has 0 heterocycles. The molecule has 0 radical (unpaired) electrons. The number of carbonyl (C=O) groups is 2. The quantitative estimate of drug-likeness (QED) is 0.350. The number of carbonyl (C=O) groups excluding carboxylic acids is 2. The smallest absolute Gasteiger partial charge is 0.261 e. The maximum Gasteiger partial charge on any atom is 0.261 e. The molecule has 1 atom stereocenters. The summed E-state index contributed by atoms with van der Waals surface area (Å²) in [5, 5.41) is 4.07. The number of hydrogen-bond acceptors (Lipinski definition) is 3. The molecule has 4 rings (SSSR count). The topological polar surface area (TPSA) is 58.6 Å². The molecule has 0 saturated heterocycles. The summed E-state index contributed by atoms with van der Waals surface area (Å²) in [6, 6.07) is 23.4. The van der Waals surface area contributed by atoms with E-state index in [1.807, 2.05) is 48.5 Å². The van der Waals surface area contributed by atoms with E-state index in [0.717, 1.165) is 31.2 Å². The van der Waals surface area contributed by atoms with E-state index >= 15 is 0 Å². The molecule has 0 aliphatic heterocycles. The van der Waals surface area contributed by atoms with Crippen LogP contribution < -0.4 is 10.1 Å². The third-order valence-electron chi connectivity index (χ3n) is 6.47. The third-order valence-corrected chi connectivity index (χ3v) is 7.18. The Labute approximate surface area is 222 Å². The van der Waals surface area contributed by atoms with Gasteiger partial charge in [-0.05, 0) is 42.7 Å². The summed E-state index contributed by atoms with van der Waals surface area (Å²) in [5.74, 6) is 0.0796. The molecule has 3 aromatic carbocycles. The van der Waals surface area contributed by atoms with Crippen molar-refractivity contribution in [2.75, 3.05) is 6.61 Å². The zero-order valence-electron chi connectivity index (χ0n) is 20.0. The zero-order valence-corrected chi connectivity index (χ0v) is 21.5. The molecule has 2 amide bonds. The molecule has 1 aliphatic carbocycles. The predicted molar refractivity (Wildman–Crippen MR) is 143 cm³/mol. The van der Waals surface area contributed by atoms with Gasteiger partial charge in [0, 0.05) is 34.6 Å². The monoisotopic (exact) mass is 524 g/mol. The fourth-order valence-corrected chi connectivity index (χ4v) is 5.04. The van der Waals surface area contributed by atoms with E-state index in [9.17, 15) is 9.59 Å². The Morgan fingerprint density at radius 1 is 0.889 bits per heavy atom. The average Bonchev–Trinajstić information content (AvgIpc) is 3.40. The first-order valence-electron chi connectivity index (χ1n) is 12.3. The highest BCUT2D eigenvalue weighted by molar-refractivity contribution is 6.36. The highest BCUT2D eigenvalue weighted by Crippen LogP contribution is 2.28. The number of hydrogen-bond donors (Lipinski definition) is 1. The Morgan fingerprint density at radius 2 is 1.50 bits per heavy atom. The van der Waals surface area contributed by atoms with E-state index in [0.29, 0.717) is 27.8 Å². The van der Waals surface area contributed by atoms with Gasteiger partial charge in [0.1, 0.15) is 11.8 Å². The lowest BCUT2D eigenvalue weighted by molar-refractivity contribution is -0.143. The van der Waals surface area contributed by atoms with Gasteiger partial charge in [-0.3, -0.25) is 9.59 Å². The Balaban J connectivity index is 1.65. The van der Waals surface area contributed by atoms with Gasteiger partial charge in [0.15, 0.2) is 6.61 Å². The van der Waals surface area contributed by atoms with Crippen LogP contribution in [0.25, 0.3) is 0 Å². The fraction of sp³-hybridized carbons (Fsp3) is 0.310. The van der Waals surface area contributed by atoms with E-state index in [2.05, 4.69) is 5.32 Å². The Kier molecular flexibility index (Phi) is 9.26. The Hall–Kier alpha value is -3.02. The van der Waals surface area contributed by atoms with Gasteiger partial charge in [-0.25, -0.2) is 0 Å². The second-order valence-electron chi connectivity index (χ2n) is 9.02. The van der Waals surface area contributed by atoms with Gasteiger partial charge in [-0.2, -0.15) is 0 Å². The highest BCUT2D eigenvalue weighted by Gasteiger charge is 2.33. The first-order chi connectivity index (χ1) is 17.5. The number of amides is 2. The minimum Gasteiger partial charge on any atom is -0.484 e. The van der Waals surface area contributed by atoms with Crippen molar-refractivity contribution in [2.45, 2.75) is 50.7 Å². The molecule has 1 fully saturated rings. The summed E-state index contributed by atoms with van der Waals surface area (Å²) >= 11 is 13.0. The number of halogens is 2. The largest absolute Gasteiger partial charge is 0.484 e. The first-order valence-corrected chi connectivity index (χ1v) is 13.0. The van der Waals surface area contributed by atoms with Gasteiger partial charge >= 0.3 is 0 Å². The SMILES string of the molecule is O=C(NC1CCCC1)[C@@H](Cc1ccccc1)N(Cc1c(Cl)cccc1Cl)C(=O)COc1ccccc1. The molecular formula is C29H30Cl2N2O3. The number of benzene rings is 3. The summed E-state index contributed by atoms with van der Waals surface area (Å²) in [5.41, 5.74) is 1.55. The molecule has 1 N–H and O–H groups in total. The second kappa shape index (κ2) is 12.8. The molecule has 1 saturated carbocycles. The minimum absolute atomic E-state index is 0.0884. The zero-order chi connectivity index (χ0) is 25.3. The van der Waals surface area contributed by atoms with Crippen molar-refractivity contribution < 1.29 is 14.3 Å². The number of nitrogens with one attached hydrogen (secondary N) is 1. The molecule has 5 nitrogen and oxygen atoms in total. The predicted octanol–water partition coefficient (Wildman–Crippen LogP) is 6.07. The van der Waals surface area contributed by atoms with E-state index in [-0.39, 0.29) is 31.0 Å². The molecule has 0 aromatic heterocycles. The van der Waals surface area contributed by atoms with E-state index < -0.39 is 6.04 Å². The minimum atomic E-state index is -0.757. The van der Waals surface area contributed by atoms with Crippen molar-refractivity contribution in [2.24, 2.45) is 0 Å². The van der Waals surface area contributed by atoms with Crippen molar-refractivity contribution in [3.05, 3.63) is 100 Å². The number of ether oxygens (including phenoxy) is 1. The molecule has 188 valence electrons. The molecule has 3 aromatic rings. The summed E-state index contributed by atoms with van der Waals surface area (Å²) < 4.78 is 5.77. The third kappa shape index (κ3) is 7.02. The maximum atomic E-state index is 13.7. The van der Waals surface area contributed by atoms with Crippen LogP contribution in [0, 0.1) is 0 Å². The van der Waals surface area contributed by atoms with Crippen LogP contribution in [0.1, 0.15) is 36.8 Å². The van der Waals surface area contributed by atoms with Crippen LogP contribution in [0.4, 0.5) is 0 Å². The van der Waals surface area contributed by atoms with Crippen molar-refractivity contribution in [3.8, 4) is 5.75 Å². The van der Waals surface area contributed by atoms with E-state index in [1.54, 1.807) is 35.2 Å². The second-order valence-corrected chi connectivity index (χ2v) is 9.83. The summed E-state index contributed by atoms with van der Waals surface area (Å²) in [4.78, 5) is 28.9. The van der Waals surface area contributed by atoms with Gasteiger partial charge in [-0.1, -0.05) is 90.6 Å².